The van der Waals surface area contributed by atoms with Gasteiger partial charge in [0.1, 0.15) is 16.9 Å². The lowest BCUT2D eigenvalue weighted by Crippen LogP contribution is -2.53. The minimum absolute atomic E-state index is 0.0439. The Morgan fingerprint density at radius 3 is 2.45 bits per heavy atom. The summed E-state index contributed by atoms with van der Waals surface area (Å²) in [4.78, 5) is 43.9. The van der Waals surface area contributed by atoms with Crippen molar-refractivity contribution in [1.82, 2.24) is 24.8 Å². The molecular formula is C31H36ClN5O3. The zero-order chi connectivity index (χ0) is 28.3. The molecule has 40 heavy (non-hydrogen) atoms. The molecule has 2 amide bonds. The topological polar surface area (TPSA) is 88.5 Å². The number of fused-ring (bicyclic) bond motifs is 3. The zero-order valence-corrected chi connectivity index (χ0v) is 24.5. The summed E-state index contributed by atoms with van der Waals surface area (Å²) in [6.07, 6.45) is 5.88. The second kappa shape index (κ2) is 9.98. The maximum absolute atomic E-state index is 13.5. The lowest BCUT2D eigenvalue weighted by atomic mass is 9.95. The predicted octanol–water partition coefficient (Wildman–Crippen LogP) is 6.26. The number of aromatic nitrogens is 3. The number of pyridine rings is 1. The molecule has 0 radical (unpaired) electrons. The van der Waals surface area contributed by atoms with Crippen LogP contribution in [0.1, 0.15) is 92.2 Å². The highest BCUT2D eigenvalue weighted by atomic mass is 35.5. The fourth-order valence-corrected chi connectivity index (χ4v) is 6.94. The minimum atomic E-state index is -0.523. The van der Waals surface area contributed by atoms with Crippen LogP contribution in [0.2, 0.25) is 5.02 Å². The van der Waals surface area contributed by atoms with Gasteiger partial charge >= 0.3 is 6.09 Å². The van der Waals surface area contributed by atoms with E-state index in [1.54, 1.807) is 12.3 Å². The van der Waals surface area contributed by atoms with Crippen LogP contribution in [0.3, 0.4) is 0 Å². The maximum atomic E-state index is 13.5. The molecule has 0 N–H and O–H groups in total. The van der Waals surface area contributed by atoms with E-state index >= 15 is 0 Å². The van der Waals surface area contributed by atoms with Crippen molar-refractivity contribution in [1.29, 1.82) is 0 Å². The number of benzene rings is 1. The summed E-state index contributed by atoms with van der Waals surface area (Å²) < 4.78 is 5.66. The van der Waals surface area contributed by atoms with Crippen LogP contribution in [-0.2, 0) is 4.74 Å². The van der Waals surface area contributed by atoms with Crippen LogP contribution in [0.4, 0.5) is 4.79 Å². The van der Waals surface area contributed by atoms with E-state index in [1.165, 1.54) is 0 Å². The minimum Gasteiger partial charge on any atom is -0.444 e. The zero-order valence-electron chi connectivity index (χ0n) is 23.7. The van der Waals surface area contributed by atoms with Gasteiger partial charge in [-0.05, 0) is 95.5 Å². The van der Waals surface area contributed by atoms with E-state index in [0.29, 0.717) is 10.6 Å². The van der Waals surface area contributed by atoms with Crippen molar-refractivity contribution in [2.24, 2.45) is 0 Å². The van der Waals surface area contributed by atoms with E-state index in [-0.39, 0.29) is 42.0 Å². The third kappa shape index (κ3) is 5.02. The van der Waals surface area contributed by atoms with Crippen molar-refractivity contribution >= 4 is 34.6 Å². The Kier molecular flexibility index (Phi) is 6.72. The molecule has 6 rings (SSSR count). The van der Waals surface area contributed by atoms with Gasteiger partial charge in [0.05, 0.1) is 11.2 Å². The van der Waals surface area contributed by atoms with Gasteiger partial charge in [0.25, 0.3) is 5.91 Å². The number of hydrogen-bond acceptors (Lipinski definition) is 6. The van der Waals surface area contributed by atoms with Crippen molar-refractivity contribution in [2.75, 3.05) is 7.05 Å². The second-order valence-electron chi connectivity index (χ2n) is 12.5. The quantitative estimate of drug-likeness (QED) is 0.373. The first-order chi connectivity index (χ1) is 19.0. The molecule has 1 aliphatic carbocycles. The molecule has 0 spiro atoms. The monoisotopic (exact) mass is 561 g/mol. The Morgan fingerprint density at radius 1 is 1.05 bits per heavy atom. The number of halogens is 1. The second-order valence-corrected chi connectivity index (χ2v) is 12.9. The Morgan fingerprint density at radius 2 is 1.77 bits per heavy atom. The van der Waals surface area contributed by atoms with Gasteiger partial charge in [0.15, 0.2) is 0 Å². The summed E-state index contributed by atoms with van der Waals surface area (Å²) in [5.41, 5.74) is 3.77. The first-order valence-electron chi connectivity index (χ1n) is 14.2. The number of carbonyl (C=O) groups is 2. The molecule has 2 aromatic heterocycles. The van der Waals surface area contributed by atoms with Gasteiger partial charge in [0.2, 0.25) is 0 Å². The summed E-state index contributed by atoms with van der Waals surface area (Å²) in [5.74, 6) is 1.16. The van der Waals surface area contributed by atoms with Crippen molar-refractivity contribution in [2.45, 2.75) is 95.4 Å². The normalized spacial score (nSPS) is 25.6. The highest BCUT2D eigenvalue weighted by Crippen LogP contribution is 2.56. The van der Waals surface area contributed by atoms with Crippen LogP contribution in [-0.4, -0.2) is 67.5 Å². The molecule has 2 saturated heterocycles. The molecule has 210 valence electrons. The van der Waals surface area contributed by atoms with Crippen LogP contribution in [0, 0.1) is 6.92 Å². The van der Waals surface area contributed by atoms with E-state index in [4.69, 9.17) is 21.3 Å². The molecule has 3 aromatic rings. The summed E-state index contributed by atoms with van der Waals surface area (Å²) >= 11 is 6.79. The number of ether oxygens (including phenoxy) is 1. The highest BCUT2D eigenvalue weighted by Gasteiger charge is 2.47. The van der Waals surface area contributed by atoms with Crippen LogP contribution < -0.4 is 0 Å². The molecule has 4 unspecified atom stereocenters. The average molecular weight is 562 g/mol. The number of nitrogens with zero attached hydrogens (tertiary/aromatic N) is 5. The summed E-state index contributed by atoms with van der Waals surface area (Å²) in [7, 11) is 1.86. The third-order valence-electron chi connectivity index (χ3n) is 8.56. The fraction of sp³-hybridized carbons (Fsp3) is 0.516. The Hall–Kier alpha value is -3.26. The van der Waals surface area contributed by atoms with E-state index in [1.807, 2.05) is 68.8 Å². The molecule has 9 heteroatoms. The summed E-state index contributed by atoms with van der Waals surface area (Å²) in [6, 6.07) is 9.81. The predicted molar refractivity (Wildman–Crippen MR) is 154 cm³/mol. The standard InChI is InChI=1S/C31H36ClN5O3/c1-17-34-26-7-6-12-33-28(26)27(35-17)24-16-23(24)22-11-8-18(13-25(22)32)29(38)36(5)21-14-19-9-10-20(15-21)37(19)30(39)40-31(2,3)4/h6-8,11-13,19-21,23-24H,9-10,14-16H2,1-5H3. The molecular weight excluding hydrogens is 526 g/mol. The van der Waals surface area contributed by atoms with Crippen LogP contribution in [0.15, 0.2) is 36.5 Å². The molecule has 4 heterocycles. The van der Waals surface area contributed by atoms with Crippen molar-refractivity contribution in [3.8, 4) is 0 Å². The lowest BCUT2D eigenvalue weighted by molar-refractivity contribution is -0.00112. The van der Waals surface area contributed by atoms with Crippen LogP contribution in [0.5, 0.6) is 0 Å². The molecule has 8 nitrogen and oxygen atoms in total. The molecule has 1 aromatic carbocycles. The van der Waals surface area contributed by atoms with Gasteiger partial charge in [-0.25, -0.2) is 14.8 Å². The van der Waals surface area contributed by atoms with E-state index in [2.05, 4.69) is 9.97 Å². The first-order valence-corrected chi connectivity index (χ1v) is 14.5. The third-order valence-corrected chi connectivity index (χ3v) is 8.89. The number of amides is 2. The summed E-state index contributed by atoms with van der Waals surface area (Å²) in [6.45, 7) is 7.58. The van der Waals surface area contributed by atoms with Crippen LogP contribution >= 0.6 is 11.6 Å². The van der Waals surface area contributed by atoms with Gasteiger partial charge in [-0.1, -0.05) is 17.7 Å². The number of hydrogen-bond donors (Lipinski definition) is 0. The molecule has 3 fully saturated rings. The van der Waals surface area contributed by atoms with E-state index in [9.17, 15) is 9.59 Å². The van der Waals surface area contributed by atoms with Gasteiger partial charge in [0, 0.05) is 47.9 Å². The molecule has 3 aliphatic rings. The lowest BCUT2D eigenvalue weighted by Gasteiger charge is -2.42. The Bertz CT molecular complexity index is 1470. The van der Waals surface area contributed by atoms with Gasteiger partial charge in [-0.3, -0.25) is 9.78 Å². The Balaban J connectivity index is 1.14. The summed E-state index contributed by atoms with van der Waals surface area (Å²) in [5, 5.41) is 0.606. The van der Waals surface area contributed by atoms with Gasteiger partial charge < -0.3 is 14.5 Å². The average Bonchev–Trinajstić information content (AvgIpc) is 3.64. The first kappa shape index (κ1) is 26.9. The number of piperidine rings is 1. The highest BCUT2D eigenvalue weighted by molar-refractivity contribution is 6.31. The van der Waals surface area contributed by atoms with E-state index in [0.717, 1.165) is 60.2 Å². The van der Waals surface area contributed by atoms with Gasteiger partial charge in [-0.15, -0.1) is 0 Å². The van der Waals surface area contributed by atoms with Crippen LogP contribution in [0.25, 0.3) is 11.0 Å². The largest absolute Gasteiger partial charge is 0.444 e. The number of rotatable bonds is 4. The Labute approximate surface area is 240 Å². The molecule has 1 saturated carbocycles. The SMILES string of the molecule is Cc1nc(C2CC2c2ccc(C(=O)N(C)C3CC4CCC(C3)N4C(=O)OC(C)(C)C)cc2Cl)c2ncccc2n1. The molecule has 2 bridgehead atoms. The molecule has 4 atom stereocenters. The number of carbonyl (C=O) groups excluding carboxylic acids is 2. The van der Waals surface area contributed by atoms with Crippen molar-refractivity contribution in [3.63, 3.8) is 0 Å². The number of aryl methyl sites for hydroxylation is 1. The van der Waals surface area contributed by atoms with Crippen molar-refractivity contribution < 1.29 is 14.3 Å². The van der Waals surface area contributed by atoms with Gasteiger partial charge in [-0.2, -0.15) is 0 Å². The molecule has 2 aliphatic heterocycles. The smallest absolute Gasteiger partial charge is 0.410 e. The van der Waals surface area contributed by atoms with E-state index < -0.39 is 5.60 Å². The maximum Gasteiger partial charge on any atom is 0.410 e. The van der Waals surface area contributed by atoms with Crippen molar-refractivity contribution in [3.05, 3.63) is 64.2 Å². The fourth-order valence-electron chi connectivity index (χ4n) is 6.62.